The Morgan fingerprint density at radius 1 is 0.900 bits per heavy atom. The molecule has 0 aliphatic carbocycles. The monoisotopic (exact) mass is 267 g/mol. The van der Waals surface area contributed by atoms with E-state index in [0.29, 0.717) is 12.0 Å². The maximum atomic E-state index is 3.64. The van der Waals surface area contributed by atoms with Crippen LogP contribution in [0, 0.1) is 6.92 Å². The predicted octanol–water partition coefficient (Wildman–Crippen LogP) is 4.84. The Morgan fingerprint density at radius 3 is 2.25 bits per heavy atom. The van der Waals surface area contributed by atoms with Gasteiger partial charge in [-0.3, -0.25) is 0 Å². The van der Waals surface area contributed by atoms with E-state index in [-0.39, 0.29) is 0 Å². The second-order valence-corrected chi connectivity index (χ2v) is 5.63. The molecule has 0 saturated heterocycles. The smallest absolute Gasteiger partial charge is 0.0294 e. The van der Waals surface area contributed by atoms with Gasteiger partial charge in [0, 0.05) is 6.04 Å². The topological polar surface area (TPSA) is 12.0 Å². The first-order valence-electron chi connectivity index (χ1n) is 7.52. The Morgan fingerprint density at radius 2 is 1.55 bits per heavy atom. The molecular formula is C19H25N. The molecule has 0 aliphatic heterocycles. The van der Waals surface area contributed by atoms with E-state index in [0.717, 1.165) is 6.54 Å². The van der Waals surface area contributed by atoms with E-state index in [4.69, 9.17) is 0 Å². The maximum absolute atomic E-state index is 3.64. The minimum absolute atomic E-state index is 0.416. The predicted molar refractivity (Wildman–Crippen MR) is 87.1 cm³/mol. The molecule has 0 aromatic heterocycles. The van der Waals surface area contributed by atoms with E-state index >= 15 is 0 Å². The molecule has 1 nitrogen and oxygen atoms in total. The third-order valence-corrected chi connectivity index (χ3v) is 4.05. The molecule has 0 saturated carbocycles. The van der Waals surface area contributed by atoms with E-state index in [2.05, 4.69) is 80.7 Å². The van der Waals surface area contributed by atoms with Crippen LogP contribution in [-0.4, -0.2) is 6.54 Å². The molecule has 0 fully saturated rings. The molecule has 1 heteroatoms. The molecular weight excluding hydrogens is 242 g/mol. The average Bonchev–Trinajstić information content (AvgIpc) is 2.48. The lowest BCUT2D eigenvalue weighted by molar-refractivity contribution is 0.530. The van der Waals surface area contributed by atoms with Gasteiger partial charge in [-0.2, -0.15) is 0 Å². The van der Waals surface area contributed by atoms with E-state index in [1.54, 1.807) is 0 Å². The maximum Gasteiger partial charge on any atom is 0.0294 e. The lowest BCUT2D eigenvalue weighted by Crippen LogP contribution is -2.21. The van der Waals surface area contributed by atoms with Crippen LogP contribution < -0.4 is 5.32 Å². The number of nitrogens with one attached hydrogen (secondary N) is 1. The average molecular weight is 267 g/mol. The van der Waals surface area contributed by atoms with Crippen LogP contribution in [0.3, 0.4) is 0 Å². The molecule has 0 bridgehead atoms. The lowest BCUT2D eigenvalue weighted by atomic mass is 9.97. The summed E-state index contributed by atoms with van der Waals surface area (Å²) in [4.78, 5) is 0. The van der Waals surface area contributed by atoms with Gasteiger partial charge in [0.25, 0.3) is 0 Å². The number of hydrogen-bond donors (Lipinski definition) is 1. The fourth-order valence-electron chi connectivity index (χ4n) is 2.65. The van der Waals surface area contributed by atoms with Crippen LogP contribution in [0.4, 0.5) is 0 Å². The highest BCUT2D eigenvalue weighted by Gasteiger charge is 2.09. The molecule has 106 valence electrons. The minimum Gasteiger partial charge on any atom is -0.310 e. The SMILES string of the molecule is Cc1ccccc1[C@H](C)NCCC(C)c1ccccc1. The van der Waals surface area contributed by atoms with Gasteiger partial charge in [-0.25, -0.2) is 0 Å². The normalized spacial score (nSPS) is 13.9. The Bertz CT molecular complexity index is 518. The van der Waals surface area contributed by atoms with Crippen molar-refractivity contribution in [3.05, 3.63) is 71.3 Å². The van der Waals surface area contributed by atoms with Crippen molar-refractivity contribution >= 4 is 0 Å². The summed E-state index contributed by atoms with van der Waals surface area (Å²) >= 11 is 0. The zero-order chi connectivity index (χ0) is 14.4. The quantitative estimate of drug-likeness (QED) is 0.789. The number of hydrogen-bond acceptors (Lipinski definition) is 1. The van der Waals surface area contributed by atoms with Gasteiger partial charge in [0.15, 0.2) is 0 Å². The number of benzene rings is 2. The van der Waals surface area contributed by atoms with Gasteiger partial charge in [0.05, 0.1) is 0 Å². The van der Waals surface area contributed by atoms with Gasteiger partial charge >= 0.3 is 0 Å². The summed E-state index contributed by atoms with van der Waals surface area (Å²) in [6.45, 7) is 7.77. The van der Waals surface area contributed by atoms with Crippen molar-refractivity contribution in [1.29, 1.82) is 0 Å². The molecule has 20 heavy (non-hydrogen) atoms. The second-order valence-electron chi connectivity index (χ2n) is 5.63. The standard InChI is InChI=1S/C19H25N/c1-15(18-10-5-4-6-11-18)13-14-20-17(3)19-12-8-7-9-16(19)2/h4-12,15,17,20H,13-14H2,1-3H3/t15?,17-/m0/s1. The zero-order valence-corrected chi connectivity index (χ0v) is 12.8. The Balaban J connectivity index is 1.83. The molecule has 0 spiro atoms. The van der Waals surface area contributed by atoms with Gasteiger partial charge in [-0.1, -0.05) is 61.5 Å². The summed E-state index contributed by atoms with van der Waals surface area (Å²) in [6.07, 6.45) is 1.17. The highest BCUT2D eigenvalue weighted by atomic mass is 14.9. The van der Waals surface area contributed by atoms with Gasteiger partial charge < -0.3 is 5.32 Å². The van der Waals surface area contributed by atoms with Crippen molar-refractivity contribution in [1.82, 2.24) is 5.32 Å². The van der Waals surface area contributed by atoms with Gasteiger partial charge in [0.1, 0.15) is 0 Å². The molecule has 0 radical (unpaired) electrons. The third kappa shape index (κ3) is 3.94. The van der Waals surface area contributed by atoms with Gasteiger partial charge in [-0.05, 0) is 49.4 Å². The van der Waals surface area contributed by atoms with E-state index in [1.807, 2.05) is 0 Å². The molecule has 1 N–H and O–H groups in total. The molecule has 2 atom stereocenters. The third-order valence-electron chi connectivity index (χ3n) is 4.05. The first-order valence-corrected chi connectivity index (χ1v) is 7.52. The molecule has 0 heterocycles. The summed E-state index contributed by atoms with van der Waals surface area (Å²) in [5.74, 6) is 0.604. The Kier molecular flexibility index (Phi) is 5.37. The molecule has 2 rings (SSSR count). The van der Waals surface area contributed by atoms with Crippen LogP contribution in [0.1, 0.15) is 48.9 Å². The van der Waals surface area contributed by atoms with Crippen LogP contribution in [0.15, 0.2) is 54.6 Å². The van der Waals surface area contributed by atoms with Crippen LogP contribution >= 0.6 is 0 Å². The first kappa shape index (κ1) is 14.8. The molecule has 0 aliphatic rings. The highest BCUT2D eigenvalue weighted by Crippen LogP contribution is 2.20. The number of aryl methyl sites for hydroxylation is 1. The molecule has 2 aromatic rings. The summed E-state index contributed by atoms with van der Waals surface area (Å²) in [5.41, 5.74) is 4.20. The highest BCUT2D eigenvalue weighted by molar-refractivity contribution is 5.28. The summed E-state index contributed by atoms with van der Waals surface area (Å²) in [5, 5.41) is 3.64. The first-order chi connectivity index (χ1) is 9.68. The van der Waals surface area contributed by atoms with Gasteiger partial charge in [0.2, 0.25) is 0 Å². The van der Waals surface area contributed by atoms with Crippen molar-refractivity contribution in [2.75, 3.05) is 6.54 Å². The van der Waals surface area contributed by atoms with Crippen LogP contribution in [0.25, 0.3) is 0 Å². The zero-order valence-electron chi connectivity index (χ0n) is 12.8. The van der Waals surface area contributed by atoms with Crippen LogP contribution in [0.2, 0.25) is 0 Å². The summed E-state index contributed by atoms with van der Waals surface area (Å²) < 4.78 is 0. The van der Waals surface area contributed by atoms with Crippen molar-refractivity contribution in [2.45, 2.75) is 39.2 Å². The molecule has 1 unspecified atom stereocenters. The fraction of sp³-hybridized carbons (Fsp3) is 0.368. The van der Waals surface area contributed by atoms with Crippen molar-refractivity contribution < 1.29 is 0 Å². The Hall–Kier alpha value is -1.60. The van der Waals surface area contributed by atoms with E-state index in [9.17, 15) is 0 Å². The lowest BCUT2D eigenvalue weighted by Gasteiger charge is -2.18. The summed E-state index contributed by atoms with van der Waals surface area (Å²) in [7, 11) is 0. The van der Waals surface area contributed by atoms with E-state index in [1.165, 1.54) is 23.1 Å². The van der Waals surface area contributed by atoms with Gasteiger partial charge in [-0.15, -0.1) is 0 Å². The van der Waals surface area contributed by atoms with Crippen molar-refractivity contribution in [2.24, 2.45) is 0 Å². The molecule has 2 aromatic carbocycles. The minimum atomic E-state index is 0.416. The largest absolute Gasteiger partial charge is 0.310 e. The second kappa shape index (κ2) is 7.25. The van der Waals surface area contributed by atoms with Crippen molar-refractivity contribution in [3.8, 4) is 0 Å². The number of rotatable bonds is 6. The Labute approximate surface area is 123 Å². The molecule has 0 amide bonds. The van der Waals surface area contributed by atoms with Crippen molar-refractivity contribution in [3.63, 3.8) is 0 Å². The van der Waals surface area contributed by atoms with Crippen LogP contribution in [-0.2, 0) is 0 Å². The van der Waals surface area contributed by atoms with E-state index < -0.39 is 0 Å². The van der Waals surface area contributed by atoms with Crippen LogP contribution in [0.5, 0.6) is 0 Å². The summed E-state index contributed by atoms with van der Waals surface area (Å²) in [6, 6.07) is 19.8. The fourth-order valence-corrected chi connectivity index (χ4v) is 2.65.